The summed E-state index contributed by atoms with van der Waals surface area (Å²) in [5.74, 6) is 0.0485. The Morgan fingerprint density at radius 3 is 2.59 bits per heavy atom. The first kappa shape index (κ1) is 22.2. The topological polar surface area (TPSA) is 77.3 Å². The lowest BCUT2D eigenvalue weighted by Crippen LogP contribution is -2.38. The Bertz CT molecular complexity index is 1050. The van der Waals surface area contributed by atoms with Crippen LogP contribution in [0.1, 0.15) is 39.5 Å². The summed E-state index contributed by atoms with van der Waals surface area (Å²) in [6, 6.07) is 7.86. The minimum Gasteiger partial charge on any atom is -0.457 e. The largest absolute Gasteiger partial charge is 0.457 e. The van der Waals surface area contributed by atoms with Crippen molar-refractivity contribution in [3.8, 4) is 0 Å². The number of carbonyl (C=O) groups excluding carboxylic acids is 2. The van der Waals surface area contributed by atoms with Crippen LogP contribution in [0.3, 0.4) is 0 Å². The van der Waals surface area contributed by atoms with E-state index in [4.69, 9.17) is 4.74 Å². The zero-order valence-electron chi connectivity index (χ0n) is 18.5. The smallest absolute Gasteiger partial charge is 0.309 e. The van der Waals surface area contributed by atoms with Crippen molar-refractivity contribution in [2.45, 2.75) is 39.7 Å². The van der Waals surface area contributed by atoms with Crippen LogP contribution in [0.2, 0.25) is 0 Å². The molecule has 4 rings (SSSR count). The van der Waals surface area contributed by atoms with Gasteiger partial charge in [-0.05, 0) is 56.7 Å². The number of carbonyl (C=O) groups is 2. The molecule has 0 N–H and O–H groups in total. The van der Waals surface area contributed by atoms with Gasteiger partial charge >= 0.3 is 5.97 Å². The molecule has 1 saturated heterocycles. The number of Topliss-reactive ketones (excluding diaryl/α,β-unsaturated/α-hetero) is 1. The zero-order chi connectivity index (χ0) is 22.5. The maximum absolute atomic E-state index is 12.8. The molecule has 0 saturated carbocycles. The van der Waals surface area contributed by atoms with Crippen LogP contribution >= 0.6 is 11.3 Å². The Morgan fingerprint density at radius 2 is 1.91 bits per heavy atom. The van der Waals surface area contributed by atoms with E-state index >= 15 is 0 Å². The van der Waals surface area contributed by atoms with E-state index in [9.17, 15) is 9.59 Å². The van der Waals surface area contributed by atoms with Gasteiger partial charge in [-0.3, -0.25) is 9.59 Å². The average Bonchev–Trinajstić information content (AvgIpc) is 3.44. The van der Waals surface area contributed by atoms with Crippen molar-refractivity contribution in [2.24, 2.45) is 5.92 Å². The molecule has 0 bridgehead atoms. The van der Waals surface area contributed by atoms with Crippen LogP contribution in [0.15, 0.2) is 42.0 Å². The van der Waals surface area contributed by atoms with Gasteiger partial charge in [-0.1, -0.05) is 6.07 Å². The highest BCUT2D eigenvalue weighted by Crippen LogP contribution is 2.22. The number of piperidine rings is 1. The van der Waals surface area contributed by atoms with E-state index in [-0.39, 0.29) is 24.3 Å². The fraction of sp³-hybridized carbons (Fsp3) is 0.417. The molecule has 0 atom stereocenters. The van der Waals surface area contributed by atoms with Crippen LogP contribution in [0, 0.1) is 19.8 Å². The molecule has 0 radical (unpaired) electrons. The van der Waals surface area contributed by atoms with Crippen molar-refractivity contribution in [3.05, 3.63) is 63.9 Å². The summed E-state index contributed by atoms with van der Waals surface area (Å²) in [6.07, 6.45) is 5.70. The van der Waals surface area contributed by atoms with Crippen molar-refractivity contribution in [1.29, 1.82) is 0 Å². The Balaban J connectivity index is 1.28. The van der Waals surface area contributed by atoms with E-state index < -0.39 is 0 Å². The van der Waals surface area contributed by atoms with Gasteiger partial charge < -0.3 is 14.2 Å². The number of rotatable bonds is 8. The molecule has 4 heterocycles. The minimum absolute atomic E-state index is 0.149. The standard InChI is InChI=1S/C24H28N4O3S/c1-17-15-21(18(2)28(17)13-8-20-5-3-14-32-20)22(29)16-31-23(30)19-6-11-27(12-7-19)24-25-9-4-10-26-24/h3-5,9-10,14-15,19H,6-8,11-13,16H2,1-2H3. The van der Waals surface area contributed by atoms with Crippen molar-refractivity contribution >= 4 is 29.0 Å². The van der Waals surface area contributed by atoms with Crippen molar-refractivity contribution < 1.29 is 14.3 Å². The molecule has 8 heteroatoms. The molecule has 1 fully saturated rings. The Hall–Kier alpha value is -3.00. The fourth-order valence-electron chi connectivity index (χ4n) is 4.21. The third-order valence-electron chi connectivity index (χ3n) is 6.04. The SMILES string of the molecule is Cc1cc(C(=O)COC(=O)C2CCN(c3ncccn3)CC2)c(C)n1CCc1cccs1. The summed E-state index contributed by atoms with van der Waals surface area (Å²) >= 11 is 1.74. The molecule has 1 aliphatic heterocycles. The lowest BCUT2D eigenvalue weighted by molar-refractivity contribution is -0.148. The number of ether oxygens (including phenoxy) is 1. The van der Waals surface area contributed by atoms with Crippen molar-refractivity contribution in [1.82, 2.24) is 14.5 Å². The second-order valence-electron chi connectivity index (χ2n) is 8.11. The molecular weight excluding hydrogens is 424 g/mol. The predicted octanol–water partition coefficient (Wildman–Crippen LogP) is 3.84. The minimum atomic E-state index is -0.293. The maximum Gasteiger partial charge on any atom is 0.309 e. The summed E-state index contributed by atoms with van der Waals surface area (Å²) in [5.41, 5.74) is 2.61. The number of hydrogen-bond donors (Lipinski definition) is 0. The number of esters is 1. The molecule has 0 unspecified atom stereocenters. The molecule has 3 aromatic rings. The third-order valence-corrected chi connectivity index (χ3v) is 6.98. The van der Waals surface area contributed by atoms with Crippen LogP contribution in [0.5, 0.6) is 0 Å². The van der Waals surface area contributed by atoms with Gasteiger partial charge in [-0.25, -0.2) is 9.97 Å². The number of thiophene rings is 1. The second kappa shape index (κ2) is 10.1. The van der Waals surface area contributed by atoms with E-state index in [1.165, 1.54) is 4.88 Å². The molecule has 32 heavy (non-hydrogen) atoms. The highest BCUT2D eigenvalue weighted by molar-refractivity contribution is 7.09. The highest BCUT2D eigenvalue weighted by Gasteiger charge is 2.28. The molecule has 0 spiro atoms. The molecule has 3 aromatic heterocycles. The normalized spacial score (nSPS) is 14.5. The van der Waals surface area contributed by atoms with Crippen molar-refractivity contribution in [2.75, 3.05) is 24.6 Å². The predicted molar refractivity (Wildman–Crippen MR) is 124 cm³/mol. The van der Waals surface area contributed by atoms with Crippen molar-refractivity contribution in [3.63, 3.8) is 0 Å². The number of nitrogens with zero attached hydrogens (tertiary/aromatic N) is 4. The van der Waals surface area contributed by atoms with Crippen LogP contribution in [0.4, 0.5) is 5.95 Å². The summed E-state index contributed by atoms with van der Waals surface area (Å²) in [5, 5.41) is 2.08. The average molecular weight is 453 g/mol. The van der Waals surface area contributed by atoms with Crippen LogP contribution < -0.4 is 4.90 Å². The van der Waals surface area contributed by atoms with Gasteiger partial charge in [0.2, 0.25) is 11.7 Å². The number of aryl methyl sites for hydroxylation is 2. The van der Waals surface area contributed by atoms with Gasteiger partial charge in [-0.2, -0.15) is 0 Å². The molecule has 0 amide bonds. The first-order chi connectivity index (χ1) is 15.5. The van der Waals surface area contributed by atoms with Gasteiger partial charge in [0.05, 0.1) is 5.92 Å². The number of anilines is 1. The van der Waals surface area contributed by atoms with E-state index in [0.717, 1.165) is 24.4 Å². The van der Waals surface area contributed by atoms with Crippen LogP contribution in [-0.2, 0) is 22.5 Å². The van der Waals surface area contributed by atoms with Gasteiger partial charge in [0.25, 0.3) is 0 Å². The quantitative estimate of drug-likeness (QED) is 0.382. The highest BCUT2D eigenvalue weighted by atomic mass is 32.1. The number of aromatic nitrogens is 3. The molecule has 168 valence electrons. The first-order valence-electron chi connectivity index (χ1n) is 10.9. The Labute approximate surface area is 192 Å². The van der Waals surface area contributed by atoms with Crippen LogP contribution in [0.25, 0.3) is 0 Å². The summed E-state index contributed by atoms with van der Waals surface area (Å²) in [6.45, 7) is 5.98. The third kappa shape index (κ3) is 5.07. The molecule has 0 aliphatic carbocycles. The number of ketones is 1. The lowest BCUT2D eigenvalue weighted by Gasteiger charge is -2.30. The van der Waals surface area contributed by atoms with Gasteiger partial charge in [0.1, 0.15) is 0 Å². The van der Waals surface area contributed by atoms with E-state index in [1.54, 1.807) is 29.8 Å². The lowest BCUT2D eigenvalue weighted by atomic mass is 9.97. The Morgan fingerprint density at radius 1 is 1.16 bits per heavy atom. The number of hydrogen-bond acceptors (Lipinski definition) is 7. The molecule has 0 aromatic carbocycles. The van der Waals surface area contributed by atoms with E-state index in [0.29, 0.717) is 37.4 Å². The molecule has 7 nitrogen and oxygen atoms in total. The van der Waals surface area contributed by atoms with Gasteiger partial charge in [-0.15, -0.1) is 11.3 Å². The second-order valence-corrected chi connectivity index (χ2v) is 9.14. The van der Waals surface area contributed by atoms with Crippen LogP contribution in [-0.4, -0.2) is 46.0 Å². The summed E-state index contributed by atoms with van der Waals surface area (Å²) < 4.78 is 7.58. The summed E-state index contributed by atoms with van der Waals surface area (Å²) in [7, 11) is 0. The molecule has 1 aliphatic rings. The fourth-order valence-corrected chi connectivity index (χ4v) is 4.90. The van der Waals surface area contributed by atoms with Gasteiger partial charge in [0.15, 0.2) is 6.61 Å². The maximum atomic E-state index is 12.8. The zero-order valence-corrected chi connectivity index (χ0v) is 19.3. The first-order valence-corrected chi connectivity index (χ1v) is 11.8. The molecular formula is C24H28N4O3S. The summed E-state index contributed by atoms with van der Waals surface area (Å²) in [4.78, 5) is 37.2. The van der Waals surface area contributed by atoms with E-state index in [1.807, 2.05) is 19.9 Å². The monoisotopic (exact) mass is 452 g/mol. The van der Waals surface area contributed by atoms with E-state index in [2.05, 4.69) is 36.9 Å². The Kier molecular flexibility index (Phi) is 6.99. The van der Waals surface area contributed by atoms with Gasteiger partial charge in [0, 0.05) is 53.9 Å².